The summed E-state index contributed by atoms with van der Waals surface area (Å²) in [5, 5.41) is 0. The van der Waals surface area contributed by atoms with Crippen molar-refractivity contribution in [3.8, 4) is 0 Å². The second-order valence-corrected chi connectivity index (χ2v) is 0. The van der Waals surface area contributed by atoms with Gasteiger partial charge in [0.1, 0.15) is 0 Å². The van der Waals surface area contributed by atoms with Gasteiger partial charge in [-0.15, -0.1) is 17.9 Å². The molecule has 0 aromatic heterocycles. The minimum Gasteiger partial charge on any atom is -0.197 e. The fraction of sp³-hybridized carbons (Fsp3) is 1.00. The van der Waals surface area contributed by atoms with Crippen molar-refractivity contribution in [2.45, 2.75) is 14.9 Å². The topological polar surface area (TPSA) is 0 Å². The maximum absolute atomic E-state index is 3.67. The van der Waals surface area contributed by atoms with E-state index in [0.29, 0.717) is 0 Å². The summed E-state index contributed by atoms with van der Waals surface area (Å²) in [6.45, 7) is 0. The first-order chi connectivity index (χ1) is 2.00. The van der Waals surface area contributed by atoms with Crippen LogP contribution in [-0.4, -0.2) is 0 Å². The van der Waals surface area contributed by atoms with Crippen LogP contribution < -0.4 is 0 Å². The van der Waals surface area contributed by atoms with Gasteiger partial charge < -0.3 is 0 Å². The van der Waals surface area contributed by atoms with Crippen molar-refractivity contribution in [1.82, 2.24) is 0 Å². The molecule has 58 valence electrons. The molecule has 0 aliphatic carbocycles. The van der Waals surface area contributed by atoms with Crippen LogP contribution in [0.2, 0.25) is 0 Å². The summed E-state index contributed by atoms with van der Waals surface area (Å²) < 4.78 is 0. The molecule has 0 nitrogen and oxygen atoms in total. The molecule has 0 radical (unpaired) electrons. The van der Waals surface area contributed by atoms with Gasteiger partial charge in [0.15, 0.2) is 0 Å². The van der Waals surface area contributed by atoms with Gasteiger partial charge in [-0.05, 0) is 0 Å². The van der Waals surface area contributed by atoms with Gasteiger partial charge in [0.25, 0.3) is 0 Å². The largest absolute Gasteiger partial charge is 0.197 e. The van der Waals surface area contributed by atoms with E-state index in [1.165, 1.54) is 0 Å². The monoisotopic (exact) mass is 230 g/mol. The molecule has 0 heterocycles. The van der Waals surface area contributed by atoms with Crippen LogP contribution in [0, 0.1) is 0 Å². The van der Waals surface area contributed by atoms with Crippen molar-refractivity contribution in [1.29, 1.82) is 0 Å². The molecule has 3 atom stereocenters. The zero-order chi connectivity index (χ0) is 4.00. The highest BCUT2D eigenvalue weighted by molar-refractivity contribution is 8.07. The Morgan fingerprint density at radius 1 is 0.875 bits per heavy atom. The van der Waals surface area contributed by atoms with Crippen LogP contribution in [-0.2, 0) is 22.4 Å². The summed E-state index contributed by atoms with van der Waals surface area (Å²) in [5.74, 6) is 0. The van der Waals surface area contributed by atoms with Crippen molar-refractivity contribution in [3.63, 3.8) is 0 Å². The smallest absolute Gasteiger partial charge is 0 e. The van der Waals surface area contributed by atoms with Crippen LogP contribution in [0.25, 0.3) is 0 Å². The summed E-state index contributed by atoms with van der Waals surface area (Å²) in [4.78, 5) is 0. The Kier molecular flexibility index (Phi) is 855. The molecule has 8 heavy (non-hydrogen) atoms. The highest BCUT2D eigenvalue weighted by Gasteiger charge is 0.882. The van der Waals surface area contributed by atoms with Crippen LogP contribution >= 0.6 is 41.3 Å². The van der Waals surface area contributed by atoms with Gasteiger partial charge >= 0.3 is 0 Å². The lowest BCUT2D eigenvalue weighted by atomic mass is 12.0. The molecule has 0 aromatic rings. The molecule has 0 aliphatic rings. The highest BCUT2D eigenvalue weighted by atomic mass is 32.8. The average molecular weight is 230 g/mol. The lowest BCUT2D eigenvalue weighted by Gasteiger charge is -1.12. The summed E-state index contributed by atoms with van der Waals surface area (Å²) in [6.07, 6.45) is 0. The molecule has 0 rings (SSSR count). The second kappa shape index (κ2) is 137. The minimum atomic E-state index is 0. The molecule has 0 amide bonds. The Balaban J connectivity index is -0.00000000167. The van der Waals surface area contributed by atoms with Crippen LogP contribution in [0.15, 0.2) is 0 Å². The Labute approximate surface area is 78.4 Å². The predicted molar refractivity (Wildman–Crippen MR) is 69.1 cm³/mol. The molecule has 0 N–H and O–H groups in total. The maximum atomic E-state index is 3.67. The Bertz CT molecular complexity index is 12.5. The number of hydrogen-bond donors (Lipinski definition) is 0. The SMILES string of the molecule is C.C.P.PP.S.S=S. The number of rotatable bonds is 0. The van der Waals surface area contributed by atoms with Gasteiger partial charge in [-0.2, -0.15) is 23.4 Å². The Morgan fingerprint density at radius 2 is 0.875 bits per heavy atom. The third-order valence-corrected chi connectivity index (χ3v) is 0. The molecule has 0 spiro atoms. The first-order valence-corrected chi connectivity index (χ1v) is 4.50. The number of hydrogen-bond acceptors (Lipinski definition) is 2. The van der Waals surface area contributed by atoms with E-state index in [-0.39, 0.29) is 38.2 Å². The summed E-state index contributed by atoms with van der Waals surface area (Å²) in [7, 11) is 4.67. The van der Waals surface area contributed by atoms with E-state index in [9.17, 15) is 0 Å². The van der Waals surface area contributed by atoms with E-state index >= 15 is 0 Å². The fourth-order valence-corrected chi connectivity index (χ4v) is 0. The van der Waals surface area contributed by atoms with E-state index in [4.69, 9.17) is 0 Å². The standard InChI is InChI=1S/2CH4.H4P2.H3P.S2.H2S/c;;1-2;;1-2;/h2*1H4;1-2H2;1H3;;1H2. The van der Waals surface area contributed by atoms with Crippen molar-refractivity contribution < 1.29 is 0 Å². The quantitative estimate of drug-likeness (QED) is 0.584. The van der Waals surface area contributed by atoms with E-state index in [2.05, 4.69) is 40.2 Å². The zero-order valence-electron chi connectivity index (χ0n) is 3.18. The lowest BCUT2D eigenvalue weighted by molar-refractivity contribution is 2.50. The van der Waals surface area contributed by atoms with Gasteiger partial charge in [0.05, 0.1) is 0 Å². The van der Waals surface area contributed by atoms with Gasteiger partial charge in [0.2, 0.25) is 0 Å². The van der Waals surface area contributed by atoms with Crippen molar-refractivity contribution in [2.24, 2.45) is 0 Å². The summed E-state index contributed by atoms with van der Waals surface area (Å²) >= 11 is 7.33. The molecule has 0 bridgehead atoms. The predicted octanol–water partition coefficient (Wildman–Crippen LogP) is 2.09. The lowest BCUT2D eigenvalue weighted by Crippen LogP contribution is -0.710. The second-order valence-electron chi connectivity index (χ2n) is 0. The summed E-state index contributed by atoms with van der Waals surface area (Å²) in [5.41, 5.74) is 0. The van der Waals surface area contributed by atoms with Gasteiger partial charge in [-0.25, -0.2) is 0 Å². The minimum absolute atomic E-state index is 0. The average Bonchev–Trinajstić information content (AvgIpc) is 1.50. The van der Waals surface area contributed by atoms with Crippen molar-refractivity contribution in [3.05, 3.63) is 0 Å². The highest BCUT2D eigenvalue weighted by Crippen LogP contribution is 1.86. The van der Waals surface area contributed by atoms with E-state index in [1.54, 1.807) is 0 Å². The third-order valence-electron chi connectivity index (χ3n) is 0. The van der Waals surface area contributed by atoms with Gasteiger partial charge in [-0.1, -0.05) is 14.9 Å². The van der Waals surface area contributed by atoms with E-state index < -0.39 is 0 Å². The Morgan fingerprint density at radius 3 is 0.875 bits per heavy atom. The van der Waals surface area contributed by atoms with E-state index in [0.717, 1.165) is 0 Å². The van der Waals surface area contributed by atoms with Crippen LogP contribution in [0.1, 0.15) is 14.9 Å². The van der Waals surface area contributed by atoms with E-state index in [1.807, 2.05) is 0 Å². The molecule has 0 aliphatic heterocycles. The Hall–Kier alpha value is 2.08. The molecular formula is C2H17P3S3. The summed E-state index contributed by atoms with van der Waals surface area (Å²) in [6, 6.07) is 0. The molecule has 6 heteroatoms. The molecule has 3 unspecified atom stereocenters. The van der Waals surface area contributed by atoms with Crippen molar-refractivity contribution >= 4 is 63.6 Å². The van der Waals surface area contributed by atoms with Crippen LogP contribution in [0.4, 0.5) is 0 Å². The zero-order valence-corrected chi connectivity index (χ0v) is 9.53. The normalized spacial score (nSPS) is 1.25. The first-order valence-electron chi connectivity index (χ1n) is 0.500. The molecular weight excluding hydrogens is 213 g/mol. The van der Waals surface area contributed by atoms with Gasteiger partial charge in [0, 0.05) is 22.4 Å². The third kappa shape index (κ3) is 93.6. The first kappa shape index (κ1) is 49.9. The van der Waals surface area contributed by atoms with Crippen LogP contribution in [0.5, 0.6) is 0 Å². The molecule has 0 aromatic carbocycles. The molecule has 0 saturated heterocycles. The maximum Gasteiger partial charge on any atom is 0 e. The fourth-order valence-electron chi connectivity index (χ4n) is 0. The molecule has 0 saturated carbocycles. The van der Waals surface area contributed by atoms with Crippen molar-refractivity contribution in [2.75, 3.05) is 0 Å². The van der Waals surface area contributed by atoms with Crippen LogP contribution in [0.3, 0.4) is 0 Å². The molecule has 0 fully saturated rings. The van der Waals surface area contributed by atoms with Gasteiger partial charge in [-0.3, -0.25) is 0 Å².